The Morgan fingerprint density at radius 1 is 1.39 bits per heavy atom. The number of anilines is 1. The van der Waals surface area contributed by atoms with Crippen molar-refractivity contribution in [2.24, 2.45) is 0 Å². The number of thioether (sulfide) groups is 1. The Bertz CT molecular complexity index is 548. The summed E-state index contributed by atoms with van der Waals surface area (Å²) in [5, 5.41) is 0.960. The monoisotopic (exact) mass is 324 g/mol. The van der Waals surface area contributed by atoms with E-state index >= 15 is 0 Å². The SMILES string of the molecule is COc1ccc(N)cc1CSc1ncccc1Br. The molecule has 18 heavy (non-hydrogen) atoms. The molecule has 0 amide bonds. The number of ether oxygens (including phenoxy) is 1. The highest BCUT2D eigenvalue weighted by molar-refractivity contribution is 9.10. The van der Waals surface area contributed by atoms with Crippen LogP contribution in [0.3, 0.4) is 0 Å². The molecule has 0 radical (unpaired) electrons. The zero-order valence-corrected chi connectivity index (χ0v) is 12.3. The molecule has 1 heterocycles. The van der Waals surface area contributed by atoms with Crippen LogP contribution in [-0.4, -0.2) is 12.1 Å². The topological polar surface area (TPSA) is 48.1 Å². The van der Waals surface area contributed by atoms with E-state index in [2.05, 4.69) is 20.9 Å². The largest absolute Gasteiger partial charge is 0.496 e. The van der Waals surface area contributed by atoms with Gasteiger partial charge in [-0.25, -0.2) is 4.98 Å². The van der Waals surface area contributed by atoms with Crippen molar-refractivity contribution in [2.45, 2.75) is 10.8 Å². The molecule has 0 saturated carbocycles. The molecule has 0 saturated heterocycles. The Morgan fingerprint density at radius 3 is 2.94 bits per heavy atom. The van der Waals surface area contributed by atoms with Crippen LogP contribution in [0.15, 0.2) is 46.0 Å². The average Bonchev–Trinajstić information content (AvgIpc) is 2.38. The standard InChI is InChI=1S/C13H13BrN2OS/c1-17-12-5-4-10(15)7-9(12)8-18-13-11(14)3-2-6-16-13/h2-7H,8,15H2,1H3. The number of rotatable bonds is 4. The molecule has 1 aromatic heterocycles. The van der Waals surface area contributed by atoms with E-state index in [1.165, 1.54) is 0 Å². The molecule has 0 bridgehead atoms. The number of hydrogen-bond donors (Lipinski definition) is 1. The van der Waals surface area contributed by atoms with E-state index in [1.807, 2.05) is 30.3 Å². The number of benzene rings is 1. The Labute approximate surface area is 119 Å². The third-order valence-corrected chi connectivity index (χ3v) is 4.35. The van der Waals surface area contributed by atoms with Gasteiger partial charge in [0, 0.05) is 27.7 Å². The van der Waals surface area contributed by atoms with Gasteiger partial charge in [0.25, 0.3) is 0 Å². The summed E-state index contributed by atoms with van der Waals surface area (Å²) >= 11 is 5.13. The van der Waals surface area contributed by atoms with Crippen molar-refractivity contribution in [1.29, 1.82) is 0 Å². The lowest BCUT2D eigenvalue weighted by atomic mass is 10.2. The lowest BCUT2D eigenvalue weighted by Crippen LogP contribution is -1.93. The molecule has 3 nitrogen and oxygen atoms in total. The third-order valence-electron chi connectivity index (χ3n) is 2.39. The van der Waals surface area contributed by atoms with Crippen molar-refractivity contribution >= 4 is 33.4 Å². The zero-order valence-electron chi connectivity index (χ0n) is 9.89. The third kappa shape index (κ3) is 3.17. The maximum atomic E-state index is 5.79. The molecule has 0 aliphatic rings. The minimum absolute atomic E-state index is 0.742. The predicted octanol–water partition coefficient (Wildman–Crippen LogP) is 3.73. The van der Waals surface area contributed by atoms with E-state index in [0.29, 0.717) is 0 Å². The summed E-state index contributed by atoms with van der Waals surface area (Å²) in [6.45, 7) is 0. The number of methoxy groups -OCH3 is 1. The summed E-state index contributed by atoms with van der Waals surface area (Å²) in [7, 11) is 1.66. The van der Waals surface area contributed by atoms with Crippen LogP contribution in [0.1, 0.15) is 5.56 Å². The molecule has 2 rings (SSSR count). The molecule has 94 valence electrons. The van der Waals surface area contributed by atoms with Gasteiger partial charge >= 0.3 is 0 Å². The van der Waals surface area contributed by atoms with Gasteiger partial charge in [-0.1, -0.05) is 0 Å². The highest BCUT2D eigenvalue weighted by Gasteiger charge is 2.06. The Hall–Kier alpha value is -1.20. The maximum absolute atomic E-state index is 5.79. The number of aromatic nitrogens is 1. The predicted molar refractivity (Wildman–Crippen MR) is 78.9 cm³/mol. The first-order chi connectivity index (χ1) is 8.70. The molecule has 0 spiro atoms. The fourth-order valence-corrected chi connectivity index (χ4v) is 2.99. The van der Waals surface area contributed by atoms with Gasteiger partial charge in [0.1, 0.15) is 10.8 Å². The quantitative estimate of drug-likeness (QED) is 0.687. The summed E-state index contributed by atoms with van der Waals surface area (Å²) in [6, 6.07) is 9.53. The second kappa shape index (κ2) is 6.11. The summed E-state index contributed by atoms with van der Waals surface area (Å²) in [5.74, 6) is 1.62. The first-order valence-corrected chi connectivity index (χ1v) is 7.14. The van der Waals surface area contributed by atoms with Crippen LogP contribution < -0.4 is 10.5 Å². The normalized spacial score (nSPS) is 10.3. The van der Waals surface area contributed by atoms with E-state index in [4.69, 9.17) is 10.5 Å². The summed E-state index contributed by atoms with van der Waals surface area (Å²) in [4.78, 5) is 4.32. The van der Waals surface area contributed by atoms with Gasteiger partial charge in [0.15, 0.2) is 0 Å². The Morgan fingerprint density at radius 2 is 2.22 bits per heavy atom. The second-order valence-electron chi connectivity index (χ2n) is 3.65. The van der Waals surface area contributed by atoms with Crippen molar-refractivity contribution in [1.82, 2.24) is 4.98 Å². The van der Waals surface area contributed by atoms with Crippen LogP contribution in [-0.2, 0) is 5.75 Å². The summed E-state index contributed by atoms with van der Waals surface area (Å²) in [6.07, 6.45) is 1.78. The fourth-order valence-electron chi connectivity index (χ4n) is 1.53. The zero-order chi connectivity index (χ0) is 13.0. The van der Waals surface area contributed by atoms with Crippen molar-refractivity contribution < 1.29 is 4.74 Å². The van der Waals surface area contributed by atoms with E-state index in [-0.39, 0.29) is 0 Å². The number of hydrogen-bond acceptors (Lipinski definition) is 4. The summed E-state index contributed by atoms with van der Waals surface area (Å²) in [5.41, 5.74) is 7.60. The van der Waals surface area contributed by atoms with Gasteiger partial charge < -0.3 is 10.5 Å². The van der Waals surface area contributed by atoms with Gasteiger partial charge in [-0.2, -0.15) is 0 Å². The minimum Gasteiger partial charge on any atom is -0.496 e. The maximum Gasteiger partial charge on any atom is 0.123 e. The van der Waals surface area contributed by atoms with Crippen LogP contribution >= 0.6 is 27.7 Å². The second-order valence-corrected chi connectivity index (χ2v) is 5.47. The number of nitrogens with zero attached hydrogens (tertiary/aromatic N) is 1. The van der Waals surface area contributed by atoms with Gasteiger partial charge in [0.05, 0.1) is 7.11 Å². The van der Waals surface area contributed by atoms with Crippen molar-refractivity contribution in [3.05, 3.63) is 46.6 Å². The average molecular weight is 325 g/mol. The van der Waals surface area contributed by atoms with Crippen LogP contribution in [0.2, 0.25) is 0 Å². The molecular formula is C13H13BrN2OS. The highest BCUT2D eigenvalue weighted by Crippen LogP contribution is 2.31. The van der Waals surface area contributed by atoms with Crippen molar-refractivity contribution in [3.63, 3.8) is 0 Å². The van der Waals surface area contributed by atoms with Crippen molar-refractivity contribution in [3.8, 4) is 5.75 Å². The van der Waals surface area contributed by atoms with Gasteiger partial charge in [-0.15, -0.1) is 11.8 Å². The molecule has 1 aromatic carbocycles. The van der Waals surface area contributed by atoms with Gasteiger partial charge in [-0.3, -0.25) is 0 Å². The van der Waals surface area contributed by atoms with Gasteiger partial charge in [-0.05, 0) is 46.3 Å². The lowest BCUT2D eigenvalue weighted by Gasteiger charge is -2.09. The molecule has 0 unspecified atom stereocenters. The minimum atomic E-state index is 0.742. The van der Waals surface area contributed by atoms with E-state index in [0.717, 1.165) is 32.3 Å². The molecule has 5 heteroatoms. The van der Waals surface area contributed by atoms with Crippen LogP contribution in [0.5, 0.6) is 5.75 Å². The lowest BCUT2D eigenvalue weighted by molar-refractivity contribution is 0.411. The number of halogens is 1. The summed E-state index contributed by atoms with van der Waals surface area (Å²) < 4.78 is 6.32. The molecule has 2 aromatic rings. The van der Waals surface area contributed by atoms with Crippen LogP contribution in [0, 0.1) is 0 Å². The Balaban J connectivity index is 2.15. The highest BCUT2D eigenvalue weighted by atomic mass is 79.9. The van der Waals surface area contributed by atoms with Crippen molar-refractivity contribution in [2.75, 3.05) is 12.8 Å². The Kier molecular flexibility index (Phi) is 4.49. The smallest absolute Gasteiger partial charge is 0.123 e. The number of nitrogens with two attached hydrogens (primary N) is 1. The van der Waals surface area contributed by atoms with Gasteiger partial charge in [0.2, 0.25) is 0 Å². The van der Waals surface area contributed by atoms with Crippen LogP contribution in [0.4, 0.5) is 5.69 Å². The van der Waals surface area contributed by atoms with E-state index in [1.54, 1.807) is 25.1 Å². The number of pyridine rings is 1. The fraction of sp³-hybridized carbons (Fsp3) is 0.154. The number of nitrogen functional groups attached to an aromatic ring is 1. The molecule has 0 aliphatic carbocycles. The first-order valence-electron chi connectivity index (χ1n) is 5.36. The molecule has 0 atom stereocenters. The van der Waals surface area contributed by atoms with Crippen LogP contribution in [0.25, 0.3) is 0 Å². The first kappa shape index (κ1) is 13.2. The molecule has 0 fully saturated rings. The molecular weight excluding hydrogens is 312 g/mol. The molecule has 2 N–H and O–H groups in total. The molecule has 0 aliphatic heterocycles. The van der Waals surface area contributed by atoms with E-state index in [9.17, 15) is 0 Å². The van der Waals surface area contributed by atoms with E-state index < -0.39 is 0 Å².